The van der Waals surface area contributed by atoms with Crippen LogP contribution in [0.15, 0.2) is 24.3 Å². The lowest BCUT2D eigenvalue weighted by atomic mass is 10.0. The van der Waals surface area contributed by atoms with Crippen LogP contribution in [0, 0.1) is 11.3 Å². The Morgan fingerprint density at radius 2 is 1.94 bits per heavy atom. The summed E-state index contributed by atoms with van der Waals surface area (Å²) in [5.41, 5.74) is 6.94. The van der Waals surface area contributed by atoms with E-state index in [2.05, 4.69) is 16.3 Å². The number of amides is 1. The van der Waals surface area contributed by atoms with Crippen molar-refractivity contribution in [3.8, 4) is 6.07 Å². The number of carbonyl (C=O) groups is 1. The molecule has 0 radical (unpaired) electrons. The average Bonchev–Trinajstić information content (AvgIpc) is 2.40. The van der Waals surface area contributed by atoms with Gasteiger partial charge in [0, 0.05) is 26.2 Å². The minimum atomic E-state index is -0.403. The Labute approximate surface area is 106 Å². The van der Waals surface area contributed by atoms with Crippen LogP contribution in [0.4, 0.5) is 0 Å². The number of nitrogens with zero attached hydrogens (tertiary/aromatic N) is 2. The summed E-state index contributed by atoms with van der Waals surface area (Å²) in [6.45, 7) is 3.32. The van der Waals surface area contributed by atoms with E-state index in [-0.39, 0.29) is 5.91 Å². The molecule has 0 saturated carbocycles. The van der Waals surface area contributed by atoms with Gasteiger partial charge in [-0.3, -0.25) is 9.69 Å². The summed E-state index contributed by atoms with van der Waals surface area (Å²) < 4.78 is 0. The van der Waals surface area contributed by atoms with Gasteiger partial charge in [-0.15, -0.1) is 0 Å². The molecule has 1 aromatic rings. The molecule has 1 aromatic carbocycles. The molecule has 1 heterocycles. The smallest absolute Gasteiger partial charge is 0.239 e. The molecule has 1 saturated heterocycles. The van der Waals surface area contributed by atoms with E-state index in [4.69, 9.17) is 11.0 Å². The highest BCUT2D eigenvalue weighted by molar-refractivity contribution is 5.81. The van der Waals surface area contributed by atoms with Gasteiger partial charge >= 0.3 is 0 Å². The van der Waals surface area contributed by atoms with Crippen molar-refractivity contribution in [2.45, 2.75) is 6.04 Å². The van der Waals surface area contributed by atoms with Crippen LogP contribution < -0.4 is 11.1 Å². The van der Waals surface area contributed by atoms with Crippen molar-refractivity contribution in [1.82, 2.24) is 10.2 Å². The van der Waals surface area contributed by atoms with Gasteiger partial charge in [-0.05, 0) is 17.7 Å². The number of primary amides is 1. The van der Waals surface area contributed by atoms with Crippen LogP contribution in [0.3, 0.4) is 0 Å². The van der Waals surface area contributed by atoms with Gasteiger partial charge in [0.25, 0.3) is 0 Å². The molecule has 5 heteroatoms. The van der Waals surface area contributed by atoms with Gasteiger partial charge in [0.15, 0.2) is 0 Å². The Kier molecular flexibility index (Phi) is 3.92. The predicted molar refractivity (Wildman–Crippen MR) is 67.5 cm³/mol. The van der Waals surface area contributed by atoms with E-state index in [0.717, 1.165) is 31.7 Å². The van der Waals surface area contributed by atoms with Crippen LogP contribution in [0.2, 0.25) is 0 Å². The van der Waals surface area contributed by atoms with E-state index in [0.29, 0.717) is 5.56 Å². The molecule has 1 fully saturated rings. The number of hydrogen-bond donors (Lipinski definition) is 2. The zero-order valence-corrected chi connectivity index (χ0v) is 10.1. The molecule has 1 aliphatic heterocycles. The normalized spacial score (nSPS) is 17.9. The summed E-state index contributed by atoms with van der Waals surface area (Å²) in [6, 6.07) is 8.69. The van der Waals surface area contributed by atoms with Crippen LogP contribution >= 0.6 is 0 Å². The van der Waals surface area contributed by atoms with Crippen molar-refractivity contribution in [1.29, 1.82) is 5.26 Å². The van der Waals surface area contributed by atoms with Gasteiger partial charge in [-0.1, -0.05) is 12.1 Å². The lowest BCUT2D eigenvalue weighted by molar-refractivity contribution is -0.123. The summed E-state index contributed by atoms with van der Waals surface area (Å²) in [6.07, 6.45) is 0. The number of carbonyl (C=O) groups excluding carboxylic acids is 1. The van der Waals surface area contributed by atoms with Gasteiger partial charge in [0.05, 0.1) is 11.6 Å². The van der Waals surface area contributed by atoms with Crippen molar-refractivity contribution in [2.75, 3.05) is 26.2 Å². The van der Waals surface area contributed by atoms with Crippen LogP contribution in [-0.4, -0.2) is 37.0 Å². The molecule has 1 amide bonds. The van der Waals surface area contributed by atoms with Crippen molar-refractivity contribution < 1.29 is 4.79 Å². The van der Waals surface area contributed by atoms with E-state index >= 15 is 0 Å². The Bertz CT molecular complexity index is 457. The first kappa shape index (κ1) is 12.6. The van der Waals surface area contributed by atoms with Gasteiger partial charge in [-0.25, -0.2) is 0 Å². The summed E-state index contributed by atoms with van der Waals surface area (Å²) >= 11 is 0. The molecule has 1 aliphatic rings. The highest BCUT2D eigenvalue weighted by Crippen LogP contribution is 2.21. The van der Waals surface area contributed by atoms with Crippen LogP contribution in [0.25, 0.3) is 0 Å². The molecule has 2 rings (SSSR count). The quantitative estimate of drug-likeness (QED) is 0.783. The molecule has 0 bridgehead atoms. The Morgan fingerprint density at radius 3 is 2.44 bits per heavy atom. The van der Waals surface area contributed by atoms with Crippen molar-refractivity contribution in [3.05, 3.63) is 35.4 Å². The predicted octanol–water partition coefficient (Wildman–Crippen LogP) is -0.0101. The fraction of sp³-hybridized carbons (Fsp3) is 0.385. The number of piperazine rings is 1. The van der Waals surface area contributed by atoms with Crippen LogP contribution in [0.1, 0.15) is 17.2 Å². The zero-order valence-electron chi connectivity index (χ0n) is 10.1. The molecular formula is C13H16N4O. The Balaban J connectivity index is 2.23. The third kappa shape index (κ3) is 2.67. The first-order valence-electron chi connectivity index (χ1n) is 5.96. The van der Waals surface area contributed by atoms with Crippen LogP contribution in [-0.2, 0) is 4.79 Å². The number of nitrogens with two attached hydrogens (primary N) is 1. The molecule has 3 N–H and O–H groups in total. The highest BCUT2D eigenvalue weighted by Gasteiger charge is 2.26. The summed E-state index contributed by atoms with van der Waals surface area (Å²) in [5, 5.41) is 12.0. The van der Waals surface area contributed by atoms with Crippen LogP contribution in [0.5, 0.6) is 0 Å². The Hall–Kier alpha value is -1.90. The number of nitrogens with one attached hydrogen (secondary N) is 1. The SMILES string of the molecule is N#Cc1ccc(C(C(N)=O)N2CCNCC2)cc1. The molecular weight excluding hydrogens is 228 g/mol. The maximum Gasteiger partial charge on any atom is 0.239 e. The number of nitriles is 1. The monoisotopic (exact) mass is 244 g/mol. The molecule has 0 aromatic heterocycles. The lowest BCUT2D eigenvalue weighted by Gasteiger charge is -2.33. The van der Waals surface area contributed by atoms with Gasteiger partial charge < -0.3 is 11.1 Å². The zero-order chi connectivity index (χ0) is 13.0. The molecule has 5 nitrogen and oxygen atoms in total. The third-order valence-electron chi connectivity index (χ3n) is 3.14. The molecule has 94 valence electrons. The Morgan fingerprint density at radius 1 is 1.33 bits per heavy atom. The van der Waals surface area contributed by atoms with Crippen molar-refractivity contribution in [3.63, 3.8) is 0 Å². The highest BCUT2D eigenvalue weighted by atomic mass is 16.1. The van der Waals surface area contributed by atoms with E-state index in [1.54, 1.807) is 24.3 Å². The second-order valence-electron chi connectivity index (χ2n) is 4.32. The maximum absolute atomic E-state index is 11.6. The lowest BCUT2D eigenvalue weighted by Crippen LogP contribution is -2.48. The van der Waals surface area contributed by atoms with E-state index < -0.39 is 6.04 Å². The first-order chi connectivity index (χ1) is 8.72. The summed E-state index contributed by atoms with van der Waals surface area (Å²) in [5.74, 6) is -0.346. The standard InChI is InChI=1S/C13H16N4O/c14-9-10-1-3-11(4-2-10)12(13(15)18)17-7-5-16-6-8-17/h1-4,12,16H,5-8H2,(H2,15,18). The number of rotatable bonds is 3. The fourth-order valence-corrected chi connectivity index (χ4v) is 2.24. The second kappa shape index (κ2) is 5.63. The van der Waals surface area contributed by atoms with Gasteiger partial charge in [0.1, 0.15) is 6.04 Å². The molecule has 1 atom stereocenters. The fourth-order valence-electron chi connectivity index (χ4n) is 2.24. The molecule has 1 unspecified atom stereocenters. The molecule has 18 heavy (non-hydrogen) atoms. The van der Waals surface area contributed by atoms with Crippen molar-refractivity contribution >= 4 is 5.91 Å². The largest absolute Gasteiger partial charge is 0.368 e. The van der Waals surface area contributed by atoms with Gasteiger partial charge in [-0.2, -0.15) is 5.26 Å². The minimum Gasteiger partial charge on any atom is -0.368 e. The van der Waals surface area contributed by atoms with Gasteiger partial charge in [0.2, 0.25) is 5.91 Å². The second-order valence-corrected chi connectivity index (χ2v) is 4.32. The first-order valence-corrected chi connectivity index (χ1v) is 5.96. The minimum absolute atomic E-state index is 0.346. The summed E-state index contributed by atoms with van der Waals surface area (Å²) in [4.78, 5) is 13.7. The van der Waals surface area contributed by atoms with Crippen molar-refractivity contribution in [2.24, 2.45) is 5.73 Å². The average molecular weight is 244 g/mol. The summed E-state index contributed by atoms with van der Waals surface area (Å²) in [7, 11) is 0. The van der Waals surface area contributed by atoms with E-state index in [1.165, 1.54) is 0 Å². The maximum atomic E-state index is 11.6. The topological polar surface area (TPSA) is 82.1 Å². The third-order valence-corrected chi connectivity index (χ3v) is 3.14. The molecule has 0 spiro atoms. The van der Waals surface area contributed by atoms with E-state index in [1.807, 2.05) is 0 Å². The number of hydrogen-bond acceptors (Lipinski definition) is 4. The number of benzene rings is 1. The van der Waals surface area contributed by atoms with E-state index in [9.17, 15) is 4.79 Å². The molecule has 0 aliphatic carbocycles.